The van der Waals surface area contributed by atoms with E-state index in [1.165, 1.54) is 4.31 Å². The molecule has 2 rings (SSSR count). The Kier molecular flexibility index (Phi) is 4.41. The van der Waals surface area contributed by atoms with Crippen molar-refractivity contribution < 1.29 is 13.5 Å². The number of β-amino-alcohol motifs (C(OH)–C–C–N with tert-alkyl or cyclic N) is 1. The van der Waals surface area contributed by atoms with Gasteiger partial charge in [0.2, 0.25) is 10.0 Å². The number of piperidine rings is 1. The highest BCUT2D eigenvalue weighted by Crippen LogP contribution is 2.27. The Morgan fingerprint density at radius 3 is 2.67 bits per heavy atom. The van der Waals surface area contributed by atoms with Crippen molar-refractivity contribution in [3.8, 4) is 0 Å². The zero-order valence-corrected chi connectivity index (χ0v) is 13.7. The number of nitrogens with zero attached hydrogens (tertiary/aromatic N) is 4. The topological polar surface area (TPSA) is 88.3 Å². The number of rotatable bonds is 4. The predicted molar refractivity (Wildman–Crippen MR) is 79.0 cm³/mol. The van der Waals surface area contributed by atoms with Gasteiger partial charge < -0.3 is 5.11 Å². The first kappa shape index (κ1) is 16.4. The monoisotopic (exact) mass is 316 g/mol. The van der Waals surface area contributed by atoms with Crippen LogP contribution in [0.15, 0.2) is 12.4 Å². The van der Waals surface area contributed by atoms with Crippen LogP contribution in [0.2, 0.25) is 0 Å². The smallest absolute Gasteiger partial charge is 0.214 e. The van der Waals surface area contributed by atoms with Crippen molar-refractivity contribution in [2.45, 2.75) is 45.8 Å². The molecule has 1 aliphatic rings. The normalized spacial score (nSPS) is 25.1. The van der Waals surface area contributed by atoms with E-state index in [9.17, 15) is 13.5 Å². The third-order valence-electron chi connectivity index (χ3n) is 3.46. The lowest BCUT2D eigenvalue weighted by molar-refractivity contribution is -0.0249. The number of aliphatic hydroxyl groups is 1. The summed E-state index contributed by atoms with van der Waals surface area (Å²) in [6, 6.07) is 0. The molecule has 0 saturated carbocycles. The van der Waals surface area contributed by atoms with E-state index in [4.69, 9.17) is 0 Å². The van der Waals surface area contributed by atoms with Crippen LogP contribution in [0.4, 0.5) is 0 Å². The molecule has 2 heterocycles. The Bertz CT molecular complexity index is 565. The number of aromatic nitrogens is 3. The number of hydrogen-bond donors (Lipinski definition) is 1. The van der Waals surface area contributed by atoms with Gasteiger partial charge in [0, 0.05) is 19.3 Å². The number of sulfonamides is 1. The lowest BCUT2D eigenvalue weighted by atomic mass is 9.94. The van der Waals surface area contributed by atoms with E-state index in [0.717, 1.165) is 0 Å². The Morgan fingerprint density at radius 1 is 1.38 bits per heavy atom. The molecule has 1 aliphatic heterocycles. The van der Waals surface area contributed by atoms with Gasteiger partial charge in [0.15, 0.2) is 0 Å². The first-order valence-electron chi connectivity index (χ1n) is 7.14. The fourth-order valence-corrected chi connectivity index (χ4v) is 4.82. The molecule has 120 valence electrons. The maximum absolute atomic E-state index is 12.5. The van der Waals surface area contributed by atoms with E-state index in [-0.39, 0.29) is 24.3 Å². The molecule has 1 aromatic rings. The van der Waals surface area contributed by atoms with Gasteiger partial charge in [-0.2, -0.15) is 4.31 Å². The summed E-state index contributed by atoms with van der Waals surface area (Å²) in [5.41, 5.74) is -1.39. The highest BCUT2D eigenvalue weighted by molar-refractivity contribution is 7.89. The molecular formula is C13H24N4O3S. The van der Waals surface area contributed by atoms with Crippen LogP contribution >= 0.6 is 0 Å². The third-order valence-corrected chi connectivity index (χ3v) is 5.79. The molecule has 1 fully saturated rings. The minimum atomic E-state index is -3.36. The second-order valence-corrected chi connectivity index (χ2v) is 9.05. The standard InChI is InChI=1S/C13H24N4O3S/c1-12(2,3)11-21(19,20)17-7-4-5-13(18,10-17)9-16-8-6-14-15-16/h6,8,18H,4-5,7,9-11H2,1-3H3. The minimum Gasteiger partial charge on any atom is -0.387 e. The zero-order valence-electron chi connectivity index (χ0n) is 12.9. The molecule has 8 heteroatoms. The van der Waals surface area contributed by atoms with Crippen LogP contribution in [0.3, 0.4) is 0 Å². The second-order valence-electron chi connectivity index (χ2n) is 7.08. The highest BCUT2D eigenvalue weighted by atomic mass is 32.2. The Labute approximate surface area is 126 Å². The van der Waals surface area contributed by atoms with E-state index < -0.39 is 15.6 Å². The second kappa shape index (κ2) is 5.66. The number of hydrogen-bond acceptors (Lipinski definition) is 5. The van der Waals surface area contributed by atoms with Crippen molar-refractivity contribution in [1.29, 1.82) is 0 Å². The first-order valence-corrected chi connectivity index (χ1v) is 8.75. The van der Waals surface area contributed by atoms with Crippen LogP contribution in [0.1, 0.15) is 33.6 Å². The molecule has 0 aromatic carbocycles. The molecule has 1 unspecified atom stereocenters. The van der Waals surface area contributed by atoms with Crippen LogP contribution < -0.4 is 0 Å². The Hall–Kier alpha value is -0.990. The summed E-state index contributed by atoms with van der Waals surface area (Å²) < 4.78 is 27.9. The predicted octanol–water partition coefficient (Wildman–Crippen LogP) is 0.481. The largest absolute Gasteiger partial charge is 0.387 e. The van der Waals surface area contributed by atoms with Gasteiger partial charge in [-0.1, -0.05) is 26.0 Å². The van der Waals surface area contributed by atoms with Gasteiger partial charge in [-0.15, -0.1) is 5.10 Å². The van der Waals surface area contributed by atoms with Crippen LogP contribution in [-0.4, -0.2) is 57.3 Å². The van der Waals surface area contributed by atoms with E-state index in [0.29, 0.717) is 19.4 Å². The van der Waals surface area contributed by atoms with E-state index in [1.807, 2.05) is 20.8 Å². The van der Waals surface area contributed by atoms with Gasteiger partial charge in [0.25, 0.3) is 0 Å². The lowest BCUT2D eigenvalue weighted by Gasteiger charge is -2.39. The van der Waals surface area contributed by atoms with E-state index in [1.54, 1.807) is 17.1 Å². The molecule has 0 amide bonds. The maximum Gasteiger partial charge on any atom is 0.214 e. The van der Waals surface area contributed by atoms with Crippen molar-refractivity contribution in [3.63, 3.8) is 0 Å². The Balaban J connectivity index is 2.09. The van der Waals surface area contributed by atoms with Crippen molar-refractivity contribution >= 4 is 10.0 Å². The summed E-state index contributed by atoms with van der Waals surface area (Å²) in [6.45, 7) is 6.54. The summed E-state index contributed by atoms with van der Waals surface area (Å²) in [7, 11) is -3.36. The van der Waals surface area contributed by atoms with Crippen LogP contribution in [0.25, 0.3) is 0 Å². The molecule has 0 radical (unpaired) electrons. The third kappa shape index (κ3) is 4.49. The molecule has 1 aromatic heterocycles. The summed E-state index contributed by atoms with van der Waals surface area (Å²) in [4.78, 5) is 0. The van der Waals surface area contributed by atoms with E-state index >= 15 is 0 Å². The van der Waals surface area contributed by atoms with Crippen molar-refractivity contribution in [2.24, 2.45) is 5.41 Å². The summed E-state index contributed by atoms with van der Waals surface area (Å²) in [5, 5.41) is 18.2. The average Bonchev–Trinajstić information content (AvgIpc) is 2.77. The lowest BCUT2D eigenvalue weighted by Crippen LogP contribution is -2.53. The molecule has 21 heavy (non-hydrogen) atoms. The fourth-order valence-electron chi connectivity index (χ4n) is 2.69. The average molecular weight is 316 g/mol. The molecule has 1 N–H and O–H groups in total. The minimum absolute atomic E-state index is 0.0827. The molecule has 0 aliphatic carbocycles. The van der Waals surface area contributed by atoms with Gasteiger partial charge in [-0.25, -0.2) is 13.1 Å². The highest BCUT2D eigenvalue weighted by Gasteiger charge is 2.39. The maximum atomic E-state index is 12.5. The van der Waals surface area contributed by atoms with Gasteiger partial charge in [-0.3, -0.25) is 0 Å². The molecule has 0 spiro atoms. The van der Waals surface area contributed by atoms with E-state index in [2.05, 4.69) is 10.3 Å². The van der Waals surface area contributed by atoms with Gasteiger partial charge >= 0.3 is 0 Å². The summed E-state index contributed by atoms with van der Waals surface area (Å²) in [5.74, 6) is 0.0827. The molecule has 0 bridgehead atoms. The molecular weight excluding hydrogens is 292 g/mol. The van der Waals surface area contributed by atoms with Gasteiger partial charge in [0.05, 0.1) is 24.1 Å². The van der Waals surface area contributed by atoms with Gasteiger partial charge in [0.1, 0.15) is 0 Å². The quantitative estimate of drug-likeness (QED) is 0.873. The van der Waals surface area contributed by atoms with Crippen molar-refractivity contribution in [3.05, 3.63) is 12.4 Å². The first-order chi connectivity index (χ1) is 9.60. The summed E-state index contributed by atoms with van der Waals surface area (Å²) >= 11 is 0. The molecule has 7 nitrogen and oxygen atoms in total. The molecule has 1 saturated heterocycles. The van der Waals surface area contributed by atoms with Crippen LogP contribution in [0.5, 0.6) is 0 Å². The van der Waals surface area contributed by atoms with Gasteiger partial charge in [-0.05, 0) is 18.3 Å². The van der Waals surface area contributed by atoms with Crippen molar-refractivity contribution in [2.75, 3.05) is 18.8 Å². The SMILES string of the molecule is CC(C)(C)CS(=O)(=O)N1CCCC(O)(Cn2ccnn2)C1. The van der Waals surface area contributed by atoms with Crippen LogP contribution in [-0.2, 0) is 16.6 Å². The van der Waals surface area contributed by atoms with Crippen LogP contribution in [0, 0.1) is 5.41 Å². The zero-order chi connectivity index (χ0) is 15.7. The fraction of sp³-hybridized carbons (Fsp3) is 0.846. The molecule has 1 atom stereocenters. The Morgan fingerprint density at radius 2 is 2.10 bits per heavy atom. The van der Waals surface area contributed by atoms with Crippen molar-refractivity contribution in [1.82, 2.24) is 19.3 Å². The summed E-state index contributed by atoms with van der Waals surface area (Å²) in [6.07, 6.45) is 4.42.